The maximum absolute atomic E-state index is 11.2. The molecule has 0 bridgehead atoms. The zero-order valence-electron chi connectivity index (χ0n) is 8.03. The van der Waals surface area contributed by atoms with E-state index >= 15 is 0 Å². The molecule has 1 N–H and O–H groups in total. The van der Waals surface area contributed by atoms with Crippen molar-refractivity contribution < 1.29 is 8.42 Å². The molecule has 76 valence electrons. The Hall–Kier alpha value is -0.870. The van der Waals surface area contributed by atoms with Gasteiger partial charge < -0.3 is 0 Å². The van der Waals surface area contributed by atoms with Crippen molar-refractivity contribution in [3.63, 3.8) is 0 Å². The van der Waals surface area contributed by atoms with E-state index in [-0.39, 0.29) is 11.8 Å². The number of aryl methyl sites for hydroxylation is 1. The Balaban J connectivity index is 2.30. The van der Waals surface area contributed by atoms with Crippen molar-refractivity contribution in [2.24, 2.45) is 0 Å². The van der Waals surface area contributed by atoms with Crippen LogP contribution >= 0.6 is 0 Å². The Kier molecular flexibility index (Phi) is 2.33. The molecule has 0 spiro atoms. The van der Waals surface area contributed by atoms with Crippen molar-refractivity contribution in [2.45, 2.75) is 19.4 Å². The smallest absolute Gasteiger partial charge is 0.212 e. The van der Waals surface area contributed by atoms with Gasteiger partial charge >= 0.3 is 0 Å². The van der Waals surface area contributed by atoms with Crippen molar-refractivity contribution in [1.82, 2.24) is 4.72 Å². The number of hydrogen-bond acceptors (Lipinski definition) is 2. The van der Waals surface area contributed by atoms with E-state index in [1.807, 2.05) is 31.2 Å². The fourth-order valence-corrected chi connectivity index (χ4v) is 3.15. The maximum Gasteiger partial charge on any atom is 0.212 e. The molecule has 2 rings (SSSR count). The molecule has 0 saturated carbocycles. The molecule has 1 aromatic carbocycles. The Bertz CT molecular complexity index is 439. The van der Waals surface area contributed by atoms with Crippen molar-refractivity contribution in [2.75, 3.05) is 5.75 Å². The molecule has 0 radical (unpaired) electrons. The van der Waals surface area contributed by atoms with E-state index in [4.69, 9.17) is 0 Å². The van der Waals surface area contributed by atoms with E-state index < -0.39 is 10.0 Å². The van der Waals surface area contributed by atoms with Crippen molar-refractivity contribution >= 4 is 10.0 Å². The molecule has 14 heavy (non-hydrogen) atoms. The Morgan fingerprint density at radius 2 is 2.07 bits per heavy atom. The van der Waals surface area contributed by atoms with Crippen LogP contribution in [0.5, 0.6) is 0 Å². The topological polar surface area (TPSA) is 46.2 Å². The highest BCUT2D eigenvalue weighted by Gasteiger charge is 2.28. The fourth-order valence-electron chi connectivity index (χ4n) is 1.80. The molecular weight excluding hydrogens is 198 g/mol. The summed E-state index contributed by atoms with van der Waals surface area (Å²) in [6, 6.07) is 7.86. The van der Waals surface area contributed by atoms with Gasteiger partial charge in [-0.15, -0.1) is 0 Å². The Morgan fingerprint density at radius 3 is 2.64 bits per heavy atom. The van der Waals surface area contributed by atoms with Gasteiger partial charge in [0.1, 0.15) is 0 Å². The Morgan fingerprint density at radius 1 is 1.36 bits per heavy atom. The van der Waals surface area contributed by atoms with Crippen LogP contribution in [0.1, 0.15) is 23.6 Å². The van der Waals surface area contributed by atoms with E-state index in [0.717, 1.165) is 11.1 Å². The molecule has 1 heterocycles. The third-order valence-corrected chi connectivity index (χ3v) is 3.98. The van der Waals surface area contributed by atoms with E-state index in [1.165, 1.54) is 0 Å². The number of sulfonamides is 1. The van der Waals surface area contributed by atoms with Crippen LogP contribution in [0.2, 0.25) is 0 Å². The fraction of sp³-hybridized carbons (Fsp3) is 0.400. The molecule has 0 amide bonds. The van der Waals surface area contributed by atoms with Gasteiger partial charge in [-0.25, -0.2) is 13.1 Å². The van der Waals surface area contributed by atoms with Gasteiger partial charge in [0, 0.05) is 6.04 Å². The lowest BCUT2D eigenvalue weighted by Crippen LogP contribution is -2.20. The predicted octanol–water partition coefficient (Wildman–Crippen LogP) is 1.36. The van der Waals surface area contributed by atoms with Crippen molar-refractivity contribution in [3.05, 3.63) is 35.4 Å². The normalized spacial score (nSPS) is 25.1. The van der Waals surface area contributed by atoms with Crippen LogP contribution in [0, 0.1) is 6.92 Å². The van der Waals surface area contributed by atoms with Crippen molar-refractivity contribution in [3.8, 4) is 0 Å². The van der Waals surface area contributed by atoms with Gasteiger partial charge in [0.25, 0.3) is 0 Å². The monoisotopic (exact) mass is 211 g/mol. The maximum atomic E-state index is 11.2. The van der Waals surface area contributed by atoms with Gasteiger partial charge in [-0.2, -0.15) is 0 Å². The van der Waals surface area contributed by atoms with E-state index in [0.29, 0.717) is 6.42 Å². The summed E-state index contributed by atoms with van der Waals surface area (Å²) in [5.74, 6) is 0.242. The number of hydrogen-bond donors (Lipinski definition) is 1. The molecule has 0 aliphatic carbocycles. The van der Waals surface area contributed by atoms with Crippen molar-refractivity contribution in [1.29, 1.82) is 0 Å². The minimum absolute atomic E-state index is 0.0267. The lowest BCUT2D eigenvalue weighted by atomic mass is 10.0. The summed E-state index contributed by atoms with van der Waals surface area (Å²) in [6.07, 6.45) is 0.674. The van der Waals surface area contributed by atoms with Gasteiger partial charge in [0.15, 0.2) is 0 Å². The quantitative estimate of drug-likeness (QED) is 0.762. The summed E-state index contributed by atoms with van der Waals surface area (Å²) in [4.78, 5) is 0. The van der Waals surface area contributed by atoms with E-state index in [9.17, 15) is 8.42 Å². The van der Waals surface area contributed by atoms with Crippen LogP contribution in [-0.2, 0) is 10.0 Å². The third kappa shape index (κ3) is 1.81. The minimum Gasteiger partial charge on any atom is -0.212 e. The lowest BCUT2D eigenvalue weighted by molar-refractivity contribution is 0.585. The zero-order valence-corrected chi connectivity index (χ0v) is 8.84. The molecular formula is C10H13NO2S. The molecule has 0 unspecified atom stereocenters. The zero-order chi connectivity index (χ0) is 10.2. The molecule has 1 aromatic rings. The predicted molar refractivity (Wildman–Crippen MR) is 55.5 cm³/mol. The summed E-state index contributed by atoms with van der Waals surface area (Å²) >= 11 is 0. The summed E-state index contributed by atoms with van der Waals surface area (Å²) in [6.45, 7) is 2.00. The van der Waals surface area contributed by atoms with Crippen LogP contribution in [0.3, 0.4) is 0 Å². The molecule has 1 aliphatic heterocycles. The highest BCUT2D eigenvalue weighted by atomic mass is 32.2. The summed E-state index contributed by atoms with van der Waals surface area (Å²) < 4.78 is 25.1. The third-order valence-electron chi connectivity index (χ3n) is 2.56. The van der Waals surface area contributed by atoms with E-state index in [2.05, 4.69) is 4.72 Å². The molecule has 1 fully saturated rings. The second-order valence-electron chi connectivity index (χ2n) is 3.63. The lowest BCUT2D eigenvalue weighted by Gasteiger charge is -2.11. The molecule has 4 heteroatoms. The number of nitrogens with one attached hydrogen (secondary N) is 1. The SMILES string of the molecule is Cc1ccccc1[C@H]1CCS(=O)(=O)N1. The summed E-state index contributed by atoms with van der Waals surface area (Å²) in [7, 11) is -3.01. The standard InChI is InChI=1S/C10H13NO2S/c1-8-4-2-3-5-9(8)10-6-7-14(12,13)11-10/h2-5,10-11H,6-7H2,1H3/t10-/m1/s1. The molecule has 1 atom stereocenters. The average Bonchev–Trinajstić information content (AvgIpc) is 2.47. The first-order chi connectivity index (χ1) is 6.58. The first-order valence-electron chi connectivity index (χ1n) is 4.64. The van der Waals surface area contributed by atoms with Gasteiger partial charge in [-0.1, -0.05) is 24.3 Å². The number of rotatable bonds is 1. The molecule has 0 aromatic heterocycles. The molecule has 1 aliphatic rings. The van der Waals surface area contributed by atoms with E-state index in [1.54, 1.807) is 0 Å². The van der Waals surface area contributed by atoms with Crippen LogP contribution in [0.4, 0.5) is 0 Å². The number of benzene rings is 1. The first kappa shape index (κ1) is 9.68. The highest BCUT2D eigenvalue weighted by molar-refractivity contribution is 7.89. The highest BCUT2D eigenvalue weighted by Crippen LogP contribution is 2.26. The second-order valence-corrected chi connectivity index (χ2v) is 5.51. The largest absolute Gasteiger partial charge is 0.212 e. The second kappa shape index (κ2) is 3.37. The minimum atomic E-state index is -3.01. The van der Waals surface area contributed by atoms with Crippen LogP contribution in [0.15, 0.2) is 24.3 Å². The van der Waals surface area contributed by atoms with Gasteiger partial charge in [0.2, 0.25) is 10.0 Å². The van der Waals surface area contributed by atoms with Crippen LogP contribution in [0.25, 0.3) is 0 Å². The van der Waals surface area contributed by atoms with Gasteiger partial charge in [-0.05, 0) is 24.5 Å². The Labute approximate surface area is 84.2 Å². The average molecular weight is 211 g/mol. The molecule has 3 nitrogen and oxygen atoms in total. The van der Waals surface area contributed by atoms with Gasteiger partial charge in [-0.3, -0.25) is 0 Å². The summed E-state index contributed by atoms with van der Waals surface area (Å²) in [5, 5.41) is 0. The first-order valence-corrected chi connectivity index (χ1v) is 6.29. The summed E-state index contributed by atoms with van der Waals surface area (Å²) in [5.41, 5.74) is 2.23. The molecule has 1 saturated heterocycles. The van der Waals surface area contributed by atoms with Crippen LogP contribution < -0.4 is 4.72 Å². The van der Waals surface area contributed by atoms with Crippen LogP contribution in [-0.4, -0.2) is 14.2 Å². The van der Waals surface area contributed by atoms with Gasteiger partial charge in [0.05, 0.1) is 5.75 Å².